The normalized spacial score (nSPS) is 23.9. The summed E-state index contributed by atoms with van der Waals surface area (Å²) in [6.45, 7) is 1.95. The number of pyridine rings is 1. The minimum Gasteiger partial charge on any atom is -0.390 e. The minimum atomic E-state index is -0.847. The maximum absolute atomic E-state index is 12.6. The minimum absolute atomic E-state index is 0.211. The van der Waals surface area contributed by atoms with Crippen LogP contribution in [0.1, 0.15) is 24.4 Å². The van der Waals surface area contributed by atoms with Crippen molar-refractivity contribution in [3.8, 4) is 11.4 Å². The monoisotopic (exact) mass is 325 g/mol. The summed E-state index contributed by atoms with van der Waals surface area (Å²) in [6.07, 6.45) is 2.98. The summed E-state index contributed by atoms with van der Waals surface area (Å²) in [5, 5.41) is 20.9. The zero-order valence-electron chi connectivity index (χ0n) is 13.3. The molecule has 6 heteroatoms. The Kier molecular flexibility index (Phi) is 3.51. The van der Waals surface area contributed by atoms with Crippen LogP contribution in [0.4, 0.5) is 0 Å². The Balaban J connectivity index is 1.86. The van der Waals surface area contributed by atoms with Gasteiger partial charge in [-0.2, -0.15) is 0 Å². The number of benzene rings is 1. The van der Waals surface area contributed by atoms with Crippen LogP contribution in [0.15, 0.2) is 41.5 Å². The number of aromatic nitrogens is 3. The quantitative estimate of drug-likeness (QED) is 0.669. The Labute approximate surface area is 138 Å². The molecular formula is C18H19N3O3. The fraction of sp³-hybridized carbons (Fsp3) is 0.333. The molecule has 0 saturated heterocycles. The highest BCUT2D eigenvalue weighted by Gasteiger charge is 2.35. The maximum atomic E-state index is 12.6. The first kappa shape index (κ1) is 15.1. The number of nitrogens with zero attached hydrogens (tertiary/aromatic N) is 2. The van der Waals surface area contributed by atoms with E-state index in [0.717, 1.165) is 16.5 Å². The number of hydrogen-bond acceptors (Lipinski definition) is 4. The second kappa shape index (κ2) is 5.58. The van der Waals surface area contributed by atoms with Gasteiger partial charge in [0.1, 0.15) is 11.9 Å². The summed E-state index contributed by atoms with van der Waals surface area (Å²) in [5.41, 5.74) is 2.08. The summed E-state index contributed by atoms with van der Waals surface area (Å²) in [4.78, 5) is 19.8. The lowest BCUT2D eigenvalue weighted by atomic mass is 10.1. The molecule has 0 aliphatic heterocycles. The molecule has 2 aromatic heterocycles. The number of aliphatic hydroxyl groups excluding tert-OH is 2. The van der Waals surface area contributed by atoms with Gasteiger partial charge in [-0.1, -0.05) is 18.2 Å². The van der Waals surface area contributed by atoms with E-state index in [2.05, 4.69) is 9.97 Å². The molecule has 124 valence electrons. The van der Waals surface area contributed by atoms with Crippen molar-refractivity contribution in [1.29, 1.82) is 0 Å². The highest BCUT2D eigenvalue weighted by atomic mass is 16.3. The van der Waals surface area contributed by atoms with Crippen molar-refractivity contribution in [1.82, 2.24) is 14.5 Å². The van der Waals surface area contributed by atoms with Gasteiger partial charge in [-0.25, -0.2) is 4.98 Å². The van der Waals surface area contributed by atoms with Crippen LogP contribution in [0.5, 0.6) is 0 Å². The number of para-hydroxylation sites is 1. The summed E-state index contributed by atoms with van der Waals surface area (Å²) in [5.74, 6) is 0.512. The van der Waals surface area contributed by atoms with Gasteiger partial charge in [0, 0.05) is 12.4 Å². The van der Waals surface area contributed by atoms with Crippen molar-refractivity contribution in [2.24, 2.45) is 0 Å². The largest absolute Gasteiger partial charge is 0.390 e. The summed E-state index contributed by atoms with van der Waals surface area (Å²) in [7, 11) is 0. The molecule has 2 heterocycles. The number of aliphatic hydroxyl groups is 2. The van der Waals surface area contributed by atoms with Gasteiger partial charge in [0.2, 0.25) is 0 Å². The zero-order valence-corrected chi connectivity index (χ0v) is 13.3. The van der Waals surface area contributed by atoms with Gasteiger partial charge in [0.15, 0.2) is 0 Å². The van der Waals surface area contributed by atoms with Gasteiger partial charge >= 0.3 is 0 Å². The van der Waals surface area contributed by atoms with Crippen molar-refractivity contribution in [2.45, 2.75) is 38.0 Å². The average molecular weight is 325 g/mol. The number of nitrogens with one attached hydrogen (secondary N) is 1. The molecule has 24 heavy (non-hydrogen) atoms. The predicted octanol–water partition coefficient (Wildman–Crippen LogP) is 1.76. The van der Waals surface area contributed by atoms with Crippen LogP contribution in [-0.4, -0.2) is 37.0 Å². The molecule has 0 unspecified atom stereocenters. The Morgan fingerprint density at radius 3 is 2.88 bits per heavy atom. The number of aryl methyl sites for hydroxylation is 1. The molecular weight excluding hydrogens is 306 g/mol. The van der Waals surface area contributed by atoms with Gasteiger partial charge in [0.05, 0.1) is 23.2 Å². The Morgan fingerprint density at radius 2 is 2.12 bits per heavy atom. The third kappa shape index (κ3) is 2.26. The highest BCUT2D eigenvalue weighted by molar-refractivity contribution is 5.84. The van der Waals surface area contributed by atoms with E-state index in [0.29, 0.717) is 24.2 Å². The first-order valence-corrected chi connectivity index (χ1v) is 8.08. The highest BCUT2D eigenvalue weighted by Crippen LogP contribution is 2.33. The van der Waals surface area contributed by atoms with Crippen LogP contribution in [0.25, 0.3) is 22.3 Å². The number of rotatable bonds is 2. The van der Waals surface area contributed by atoms with Gasteiger partial charge < -0.3 is 19.8 Å². The molecule has 1 fully saturated rings. The van der Waals surface area contributed by atoms with Gasteiger partial charge in [-0.15, -0.1) is 0 Å². The summed E-state index contributed by atoms with van der Waals surface area (Å²) >= 11 is 0. The van der Waals surface area contributed by atoms with Gasteiger partial charge in [-0.05, 0) is 36.8 Å². The van der Waals surface area contributed by atoms with Crippen LogP contribution in [-0.2, 0) is 0 Å². The standard InChI is InChI=1S/C18H19N3O3/c1-10-3-2-4-11-9-12(18(24)20-15(10)11)17-19-7-8-21(17)13-5-6-14(22)16(13)23/h2-4,7-9,13-14,16,22-23H,5-6H2,1H3,(H,20,24)/t13-,14-,16-/m1/s1. The van der Waals surface area contributed by atoms with Crippen LogP contribution < -0.4 is 5.56 Å². The molecule has 1 aliphatic carbocycles. The molecule has 3 aromatic rings. The van der Waals surface area contributed by atoms with Crippen LogP contribution in [0, 0.1) is 6.92 Å². The predicted molar refractivity (Wildman–Crippen MR) is 90.8 cm³/mol. The van der Waals surface area contributed by atoms with Crippen LogP contribution in [0.3, 0.4) is 0 Å². The SMILES string of the molecule is Cc1cccc2cc(-c3nccn3[C@@H]3CC[C@@H](O)[C@@H]3O)c(=O)[nH]c12. The van der Waals surface area contributed by atoms with E-state index in [1.807, 2.05) is 31.2 Å². The average Bonchev–Trinajstić information content (AvgIpc) is 3.15. The summed E-state index contributed by atoms with van der Waals surface area (Å²) in [6, 6.07) is 7.41. The second-order valence-electron chi connectivity index (χ2n) is 6.41. The van der Waals surface area contributed by atoms with Gasteiger partial charge in [0.25, 0.3) is 5.56 Å². The third-order valence-corrected chi connectivity index (χ3v) is 4.90. The van der Waals surface area contributed by atoms with E-state index in [9.17, 15) is 15.0 Å². The molecule has 0 spiro atoms. The fourth-order valence-corrected chi connectivity index (χ4v) is 3.58. The lowest BCUT2D eigenvalue weighted by Crippen LogP contribution is -2.27. The Bertz CT molecular complexity index is 960. The fourth-order valence-electron chi connectivity index (χ4n) is 3.58. The topological polar surface area (TPSA) is 91.1 Å². The van der Waals surface area contributed by atoms with E-state index < -0.39 is 12.2 Å². The first-order chi connectivity index (χ1) is 11.6. The number of imidazole rings is 1. The van der Waals surface area contributed by atoms with Crippen molar-refractivity contribution in [3.63, 3.8) is 0 Å². The van der Waals surface area contributed by atoms with Crippen molar-refractivity contribution in [3.05, 3.63) is 52.6 Å². The molecule has 6 nitrogen and oxygen atoms in total. The number of aromatic amines is 1. The lowest BCUT2D eigenvalue weighted by molar-refractivity contribution is 0.0238. The Hall–Kier alpha value is -2.44. The van der Waals surface area contributed by atoms with E-state index in [-0.39, 0.29) is 11.6 Å². The molecule has 1 aliphatic rings. The zero-order chi connectivity index (χ0) is 16.8. The lowest BCUT2D eigenvalue weighted by Gasteiger charge is -2.20. The van der Waals surface area contributed by atoms with Gasteiger partial charge in [-0.3, -0.25) is 4.79 Å². The molecule has 3 atom stereocenters. The smallest absolute Gasteiger partial charge is 0.259 e. The Morgan fingerprint density at radius 1 is 1.29 bits per heavy atom. The van der Waals surface area contributed by atoms with E-state index in [1.165, 1.54) is 0 Å². The van der Waals surface area contributed by atoms with E-state index >= 15 is 0 Å². The molecule has 4 rings (SSSR count). The third-order valence-electron chi connectivity index (χ3n) is 4.90. The number of H-pyrrole nitrogens is 1. The van der Waals surface area contributed by atoms with E-state index in [4.69, 9.17) is 0 Å². The van der Waals surface area contributed by atoms with E-state index in [1.54, 1.807) is 17.0 Å². The van der Waals surface area contributed by atoms with Crippen LogP contribution in [0.2, 0.25) is 0 Å². The van der Waals surface area contributed by atoms with Crippen molar-refractivity contribution in [2.75, 3.05) is 0 Å². The molecule has 1 aromatic carbocycles. The molecule has 0 bridgehead atoms. The summed E-state index contributed by atoms with van der Waals surface area (Å²) < 4.78 is 1.80. The number of fused-ring (bicyclic) bond motifs is 1. The number of hydrogen-bond donors (Lipinski definition) is 3. The molecule has 1 saturated carbocycles. The maximum Gasteiger partial charge on any atom is 0.259 e. The first-order valence-electron chi connectivity index (χ1n) is 8.08. The molecule has 3 N–H and O–H groups in total. The van der Waals surface area contributed by atoms with Crippen LogP contribution >= 0.6 is 0 Å². The van der Waals surface area contributed by atoms with Crippen molar-refractivity contribution < 1.29 is 10.2 Å². The molecule has 0 amide bonds. The van der Waals surface area contributed by atoms with Crippen molar-refractivity contribution >= 4 is 10.9 Å². The molecule has 0 radical (unpaired) electrons. The second-order valence-corrected chi connectivity index (χ2v) is 6.41.